The SMILES string of the molecule is CNS(=O)(=O)c1ccc(C2=Nc3ccc(N)c(=C=O)c3=N2)c(OC)c1. The van der Waals surface area contributed by atoms with Crippen molar-refractivity contribution in [3.05, 3.63) is 46.5 Å². The van der Waals surface area contributed by atoms with Gasteiger partial charge >= 0.3 is 0 Å². The molecule has 0 fully saturated rings. The highest BCUT2D eigenvalue weighted by atomic mass is 32.2. The number of benzene rings is 2. The number of methoxy groups -OCH3 is 1. The smallest absolute Gasteiger partial charge is 0.240 e. The van der Waals surface area contributed by atoms with Crippen molar-refractivity contribution in [2.75, 3.05) is 19.9 Å². The molecule has 0 aliphatic carbocycles. The van der Waals surface area contributed by atoms with E-state index in [-0.39, 0.29) is 21.6 Å². The third-order valence-corrected chi connectivity index (χ3v) is 5.14. The Kier molecular flexibility index (Phi) is 4.13. The molecule has 0 atom stereocenters. The zero-order valence-electron chi connectivity index (χ0n) is 13.4. The quantitative estimate of drug-likeness (QED) is 0.707. The number of nitrogen functional groups attached to an aromatic ring is 1. The minimum atomic E-state index is -3.61. The Balaban J connectivity index is 2.18. The maximum absolute atomic E-state index is 11.9. The number of rotatable bonds is 4. The van der Waals surface area contributed by atoms with Crippen molar-refractivity contribution in [1.29, 1.82) is 0 Å². The van der Waals surface area contributed by atoms with Crippen LogP contribution in [-0.2, 0) is 14.8 Å². The molecule has 0 radical (unpaired) electrons. The van der Waals surface area contributed by atoms with Crippen molar-refractivity contribution in [3.8, 4) is 5.75 Å². The topological polar surface area (TPSA) is 123 Å². The summed E-state index contributed by atoms with van der Waals surface area (Å²) in [6.45, 7) is 0. The summed E-state index contributed by atoms with van der Waals surface area (Å²) in [5, 5.41) is 0.476. The van der Waals surface area contributed by atoms with Gasteiger partial charge in [-0.05, 0) is 31.3 Å². The van der Waals surface area contributed by atoms with Crippen molar-refractivity contribution < 1.29 is 17.9 Å². The predicted octanol–water partition coefficient (Wildman–Crippen LogP) is -0.600. The highest BCUT2D eigenvalue weighted by Gasteiger charge is 2.20. The number of ether oxygens (including phenoxy) is 1. The molecule has 3 rings (SSSR count). The van der Waals surface area contributed by atoms with Crippen molar-refractivity contribution in [2.45, 2.75) is 4.90 Å². The molecule has 25 heavy (non-hydrogen) atoms. The fraction of sp³-hybridized carbons (Fsp3) is 0.125. The first-order valence-electron chi connectivity index (χ1n) is 7.14. The van der Waals surface area contributed by atoms with Gasteiger partial charge in [0, 0.05) is 6.07 Å². The summed E-state index contributed by atoms with van der Waals surface area (Å²) in [6, 6.07) is 7.55. The summed E-state index contributed by atoms with van der Waals surface area (Å²) in [5.41, 5.74) is 6.99. The van der Waals surface area contributed by atoms with E-state index in [1.165, 1.54) is 26.3 Å². The highest BCUT2D eigenvalue weighted by Crippen LogP contribution is 2.26. The second kappa shape index (κ2) is 6.14. The molecule has 8 nitrogen and oxygen atoms in total. The molecule has 0 unspecified atom stereocenters. The molecule has 128 valence electrons. The molecule has 0 aromatic heterocycles. The summed E-state index contributed by atoms with van der Waals surface area (Å²) in [7, 11) is -0.869. The molecule has 1 aliphatic heterocycles. The van der Waals surface area contributed by atoms with Crippen molar-refractivity contribution >= 4 is 33.2 Å². The highest BCUT2D eigenvalue weighted by molar-refractivity contribution is 7.89. The van der Waals surface area contributed by atoms with Gasteiger partial charge in [-0.25, -0.2) is 27.9 Å². The summed E-state index contributed by atoms with van der Waals surface area (Å²) < 4.78 is 31.4. The molecule has 0 bridgehead atoms. The number of hydrogen-bond donors (Lipinski definition) is 2. The Labute approximate surface area is 143 Å². The number of anilines is 1. The first kappa shape index (κ1) is 16.8. The molecule has 0 saturated carbocycles. The van der Waals surface area contributed by atoms with E-state index >= 15 is 0 Å². The molecule has 0 amide bonds. The number of aliphatic imine (C=N–C) groups is 1. The summed E-state index contributed by atoms with van der Waals surface area (Å²) in [6.07, 6.45) is 0. The van der Waals surface area contributed by atoms with E-state index in [1.54, 1.807) is 24.1 Å². The first-order chi connectivity index (χ1) is 11.9. The minimum absolute atomic E-state index is 0.0536. The van der Waals surface area contributed by atoms with Gasteiger partial charge in [-0.1, -0.05) is 0 Å². The van der Waals surface area contributed by atoms with Gasteiger partial charge in [-0.2, -0.15) is 0 Å². The third kappa shape index (κ3) is 2.80. The maximum atomic E-state index is 11.9. The van der Waals surface area contributed by atoms with Gasteiger partial charge in [0.15, 0.2) is 5.84 Å². The molecule has 0 saturated heterocycles. The molecule has 0 spiro atoms. The van der Waals surface area contributed by atoms with Crippen LogP contribution in [0.3, 0.4) is 0 Å². The van der Waals surface area contributed by atoms with E-state index < -0.39 is 10.0 Å². The van der Waals surface area contributed by atoms with Gasteiger partial charge in [-0.3, -0.25) is 0 Å². The summed E-state index contributed by atoms with van der Waals surface area (Å²) >= 11 is 0. The van der Waals surface area contributed by atoms with Crippen LogP contribution in [0.2, 0.25) is 0 Å². The van der Waals surface area contributed by atoms with E-state index in [4.69, 9.17) is 10.5 Å². The van der Waals surface area contributed by atoms with E-state index in [9.17, 15) is 13.2 Å². The van der Waals surface area contributed by atoms with E-state index in [1.807, 2.05) is 0 Å². The number of fused-ring (bicyclic) bond motifs is 1. The summed E-state index contributed by atoms with van der Waals surface area (Å²) in [4.78, 5) is 19.9. The molecule has 2 aromatic rings. The Morgan fingerprint density at radius 2 is 1.96 bits per heavy atom. The molecule has 9 heteroatoms. The van der Waals surface area contributed by atoms with E-state index in [2.05, 4.69) is 14.7 Å². The van der Waals surface area contributed by atoms with Crippen LogP contribution in [0, 0.1) is 0 Å². The van der Waals surface area contributed by atoms with Crippen molar-refractivity contribution in [1.82, 2.24) is 4.72 Å². The minimum Gasteiger partial charge on any atom is -0.496 e. The molecular weight excluding hydrogens is 344 g/mol. The fourth-order valence-electron chi connectivity index (χ4n) is 2.41. The summed E-state index contributed by atoms with van der Waals surface area (Å²) in [5.74, 6) is 2.35. The lowest BCUT2D eigenvalue weighted by atomic mass is 10.2. The van der Waals surface area contributed by atoms with Crippen LogP contribution in [0.25, 0.3) is 0 Å². The fourth-order valence-corrected chi connectivity index (χ4v) is 3.16. The number of nitrogens with zero attached hydrogens (tertiary/aromatic N) is 2. The number of nitrogens with one attached hydrogen (secondary N) is 1. The number of hydrogen-bond acceptors (Lipinski definition) is 7. The van der Waals surface area contributed by atoms with Crippen LogP contribution in [0.1, 0.15) is 5.56 Å². The molecule has 1 heterocycles. The average Bonchev–Trinajstić information content (AvgIpc) is 3.05. The Morgan fingerprint density at radius 1 is 1.20 bits per heavy atom. The van der Waals surface area contributed by atoms with Crippen LogP contribution >= 0.6 is 0 Å². The second-order valence-electron chi connectivity index (χ2n) is 5.12. The predicted molar refractivity (Wildman–Crippen MR) is 91.9 cm³/mol. The molecular formula is C16H14N4O4S. The monoisotopic (exact) mass is 358 g/mol. The van der Waals surface area contributed by atoms with Crippen LogP contribution in [0.4, 0.5) is 11.4 Å². The van der Waals surface area contributed by atoms with Gasteiger partial charge in [0.05, 0.1) is 28.9 Å². The normalized spacial score (nSPS) is 12.8. The molecule has 1 aliphatic rings. The van der Waals surface area contributed by atoms with Gasteiger partial charge in [-0.15, -0.1) is 0 Å². The van der Waals surface area contributed by atoms with Crippen LogP contribution < -0.4 is 25.8 Å². The first-order valence-corrected chi connectivity index (χ1v) is 8.62. The maximum Gasteiger partial charge on any atom is 0.240 e. The van der Waals surface area contributed by atoms with E-state index in [0.717, 1.165) is 0 Å². The lowest BCUT2D eigenvalue weighted by molar-refractivity contribution is 0.412. The van der Waals surface area contributed by atoms with Gasteiger partial charge in [0.25, 0.3) is 0 Å². The molecule has 2 aromatic carbocycles. The lowest BCUT2D eigenvalue weighted by Crippen LogP contribution is -2.28. The Bertz CT molecular complexity index is 1150. The van der Waals surface area contributed by atoms with Gasteiger partial charge in [0.2, 0.25) is 10.0 Å². The van der Waals surface area contributed by atoms with E-state index in [0.29, 0.717) is 22.4 Å². The number of nitrogens with two attached hydrogens (primary N) is 1. The van der Waals surface area contributed by atoms with Crippen LogP contribution in [0.15, 0.2) is 45.2 Å². The Morgan fingerprint density at radius 3 is 2.60 bits per heavy atom. The van der Waals surface area contributed by atoms with Gasteiger partial charge < -0.3 is 10.5 Å². The zero-order chi connectivity index (χ0) is 18.2. The van der Waals surface area contributed by atoms with Gasteiger partial charge in [0.1, 0.15) is 22.3 Å². The largest absolute Gasteiger partial charge is 0.496 e. The second-order valence-corrected chi connectivity index (χ2v) is 7.00. The Hall–Kier alpha value is -3.00. The number of amidine groups is 1. The molecule has 3 N–H and O–H groups in total. The average molecular weight is 358 g/mol. The van der Waals surface area contributed by atoms with Crippen molar-refractivity contribution in [2.24, 2.45) is 9.98 Å². The zero-order valence-corrected chi connectivity index (χ0v) is 14.2. The standard InChI is InChI=1S/C16H14N4O4S/c1-18-25(22,23)9-3-4-10(14(7-9)24-2)16-19-13-6-5-12(17)11(8-21)15(13)20-16/h3-7,18H,17H2,1-2H3. The lowest BCUT2D eigenvalue weighted by Gasteiger charge is -2.09. The van der Waals surface area contributed by atoms with Crippen LogP contribution in [0.5, 0.6) is 5.75 Å². The number of carbonyl (C=O) groups excluding carboxylic acids is 1. The van der Waals surface area contributed by atoms with Crippen molar-refractivity contribution in [3.63, 3.8) is 0 Å². The number of sulfonamides is 1. The third-order valence-electron chi connectivity index (χ3n) is 3.73. The van der Waals surface area contributed by atoms with Crippen LogP contribution in [-0.4, -0.2) is 34.4 Å².